The van der Waals surface area contributed by atoms with E-state index in [9.17, 15) is 4.79 Å². The van der Waals surface area contributed by atoms with Crippen LogP contribution in [0.5, 0.6) is 0 Å². The standard InChI is InChI=1S/C12H18BrNO2S/c1-12(2,3)9(6-7-15)14-11(16)8-4-5-10(13)17-8/h4-5,9,15H,6-7H2,1-3H3,(H,14,16). The SMILES string of the molecule is CC(C)(C)C(CCO)NC(=O)c1ccc(Br)s1. The Labute approximate surface area is 114 Å². The van der Waals surface area contributed by atoms with Crippen LogP contribution < -0.4 is 5.32 Å². The van der Waals surface area contributed by atoms with Gasteiger partial charge in [0.25, 0.3) is 5.91 Å². The molecule has 0 saturated carbocycles. The number of aliphatic hydroxyl groups is 1. The van der Waals surface area contributed by atoms with Gasteiger partial charge in [0.05, 0.1) is 8.66 Å². The zero-order valence-electron chi connectivity index (χ0n) is 10.3. The van der Waals surface area contributed by atoms with Gasteiger partial charge in [-0.2, -0.15) is 0 Å². The molecule has 0 bridgehead atoms. The van der Waals surface area contributed by atoms with E-state index in [4.69, 9.17) is 5.11 Å². The summed E-state index contributed by atoms with van der Waals surface area (Å²) in [5.41, 5.74) is -0.0626. The molecule has 0 aliphatic rings. The highest BCUT2D eigenvalue weighted by atomic mass is 79.9. The molecule has 3 nitrogen and oxygen atoms in total. The first kappa shape index (κ1) is 14.7. The summed E-state index contributed by atoms with van der Waals surface area (Å²) in [6.07, 6.45) is 0.571. The van der Waals surface area contributed by atoms with Gasteiger partial charge in [-0.15, -0.1) is 11.3 Å². The van der Waals surface area contributed by atoms with Crippen LogP contribution in [0.3, 0.4) is 0 Å². The molecule has 1 aromatic heterocycles. The Morgan fingerprint density at radius 1 is 1.53 bits per heavy atom. The Balaban J connectivity index is 2.71. The third-order valence-corrected chi connectivity index (χ3v) is 4.19. The van der Waals surface area contributed by atoms with Crippen LogP contribution in [0.25, 0.3) is 0 Å². The van der Waals surface area contributed by atoms with Gasteiger partial charge in [-0.3, -0.25) is 4.79 Å². The van der Waals surface area contributed by atoms with Crippen molar-refractivity contribution in [1.82, 2.24) is 5.32 Å². The summed E-state index contributed by atoms with van der Waals surface area (Å²) < 4.78 is 0.942. The topological polar surface area (TPSA) is 49.3 Å². The van der Waals surface area contributed by atoms with E-state index in [1.165, 1.54) is 11.3 Å². The zero-order chi connectivity index (χ0) is 13.1. The molecule has 0 aliphatic carbocycles. The summed E-state index contributed by atoms with van der Waals surface area (Å²) in [5.74, 6) is -0.0749. The summed E-state index contributed by atoms with van der Waals surface area (Å²) in [7, 11) is 0. The van der Waals surface area contributed by atoms with E-state index in [0.717, 1.165) is 3.79 Å². The third kappa shape index (κ3) is 4.41. The Bertz CT molecular complexity index is 384. The molecule has 96 valence electrons. The van der Waals surface area contributed by atoms with E-state index >= 15 is 0 Å². The number of rotatable bonds is 4. The number of carbonyl (C=O) groups excluding carboxylic acids is 1. The van der Waals surface area contributed by atoms with Gasteiger partial charge in [-0.1, -0.05) is 20.8 Å². The van der Waals surface area contributed by atoms with Crippen molar-refractivity contribution in [3.05, 3.63) is 20.8 Å². The number of amides is 1. The average Bonchev–Trinajstić information content (AvgIpc) is 2.62. The molecule has 1 heterocycles. The lowest BCUT2D eigenvalue weighted by Gasteiger charge is -2.30. The molecule has 0 spiro atoms. The molecule has 1 aromatic rings. The van der Waals surface area contributed by atoms with Crippen molar-refractivity contribution in [2.45, 2.75) is 33.2 Å². The molecule has 0 aliphatic heterocycles. The monoisotopic (exact) mass is 319 g/mol. The van der Waals surface area contributed by atoms with Gasteiger partial charge < -0.3 is 10.4 Å². The first-order valence-electron chi connectivity index (χ1n) is 5.51. The predicted molar refractivity (Wildman–Crippen MR) is 74.4 cm³/mol. The van der Waals surface area contributed by atoms with Crippen LogP contribution in [0, 0.1) is 5.41 Å². The summed E-state index contributed by atoms with van der Waals surface area (Å²) in [6, 6.07) is 3.63. The highest BCUT2D eigenvalue weighted by molar-refractivity contribution is 9.11. The van der Waals surface area contributed by atoms with Crippen molar-refractivity contribution in [1.29, 1.82) is 0 Å². The van der Waals surface area contributed by atoms with Crippen molar-refractivity contribution < 1.29 is 9.90 Å². The summed E-state index contributed by atoms with van der Waals surface area (Å²) in [6.45, 7) is 6.24. The van der Waals surface area contributed by atoms with E-state index in [2.05, 4.69) is 42.0 Å². The average molecular weight is 320 g/mol. The highest BCUT2D eigenvalue weighted by Crippen LogP contribution is 2.25. The Hall–Kier alpha value is -0.390. The molecular formula is C12H18BrNO2S. The van der Waals surface area contributed by atoms with Crippen molar-refractivity contribution in [2.24, 2.45) is 5.41 Å². The maximum Gasteiger partial charge on any atom is 0.261 e. The molecule has 17 heavy (non-hydrogen) atoms. The number of hydrogen-bond donors (Lipinski definition) is 2. The molecule has 5 heteroatoms. The molecule has 0 radical (unpaired) electrons. The summed E-state index contributed by atoms with van der Waals surface area (Å²) >= 11 is 4.74. The lowest BCUT2D eigenvalue weighted by atomic mass is 9.85. The van der Waals surface area contributed by atoms with Crippen LogP contribution in [-0.4, -0.2) is 23.7 Å². The normalized spacial score (nSPS) is 13.5. The van der Waals surface area contributed by atoms with Crippen LogP contribution in [0.15, 0.2) is 15.9 Å². The summed E-state index contributed by atoms with van der Waals surface area (Å²) in [5, 5.41) is 12.0. The van der Waals surface area contributed by atoms with Crippen molar-refractivity contribution in [3.63, 3.8) is 0 Å². The van der Waals surface area contributed by atoms with E-state index in [1.807, 2.05) is 6.07 Å². The smallest absolute Gasteiger partial charge is 0.261 e. The van der Waals surface area contributed by atoms with Gasteiger partial charge >= 0.3 is 0 Å². The number of halogens is 1. The van der Waals surface area contributed by atoms with Crippen LogP contribution in [-0.2, 0) is 0 Å². The van der Waals surface area contributed by atoms with Crippen molar-refractivity contribution >= 4 is 33.2 Å². The van der Waals surface area contributed by atoms with Gasteiger partial charge in [0.1, 0.15) is 0 Å². The fourth-order valence-electron chi connectivity index (χ4n) is 1.52. The predicted octanol–water partition coefficient (Wildman–Crippen LogP) is 3.04. The lowest BCUT2D eigenvalue weighted by molar-refractivity contribution is 0.0889. The minimum Gasteiger partial charge on any atom is -0.396 e. The largest absolute Gasteiger partial charge is 0.396 e. The van der Waals surface area contributed by atoms with E-state index < -0.39 is 0 Å². The second-order valence-corrected chi connectivity index (χ2v) is 7.47. The number of nitrogens with one attached hydrogen (secondary N) is 1. The van der Waals surface area contributed by atoms with Gasteiger partial charge in [0.2, 0.25) is 0 Å². The van der Waals surface area contributed by atoms with Gasteiger partial charge in [-0.05, 0) is 39.9 Å². The van der Waals surface area contributed by atoms with Crippen LogP contribution >= 0.6 is 27.3 Å². The Morgan fingerprint density at radius 3 is 2.59 bits per heavy atom. The number of carbonyl (C=O) groups is 1. The molecule has 2 N–H and O–H groups in total. The first-order chi connectivity index (χ1) is 7.84. The second kappa shape index (κ2) is 5.98. The molecule has 0 aromatic carbocycles. The highest BCUT2D eigenvalue weighted by Gasteiger charge is 2.26. The van der Waals surface area contributed by atoms with Crippen LogP contribution in [0.4, 0.5) is 0 Å². The van der Waals surface area contributed by atoms with E-state index in [0.29, 0.717) is 11.3 Å². The van der Waals surface area contributed by atoms with Crippen molar-refractivity contribution in [2.75, 3.05) is 6.61 Å². The minimum absolute atomic E-state index is 0.0270. The molecular weight excluding hydrogens is 302 g/mol. The van der Waals surface area contributed by atoms with Gasteiger partial charge in [0.15, 0.2) is 0 Å². The Morgan fingerprint density at radius 2 is 2.18 bits per heavy atom. The fraction of sp³-hybridized carbons (Fsp3) is 0.583. The zero-order valence-corrected chi connectivity index (χ0v) is 12.7. The molecule has 0 saturated heterocycles. The maximum absolute atomic E-state index is 12.0. The number of thiophene rings is 1. The minimum atomic E-state index is -0.0749. The van der Waals surface area contributed by atoms with Crippen LogP contribution in [0.2, 0.25) is 0 Å². The van der Waals surface area contributed by atoms with Gasteiger partial charge in [0, 0.05) is 12.6 Å². The molecule has 1 unspecified atom stereocenters. The number of hydrogen-bond acceptors (Lipinski definition) is 3. The Kier molecular flexibility index (Phi) is 5.16. The van der Waals surface area contributed by atoms with E-state index in [-0.39, 0.29) is 24.0 Å². The molecule has 0 fully saturated rings. The summed E-state index contributed by atoms with van der Waals surface area (Å²) in [4.78, 5) is 12.7. The fourth-order valence-corrected chi connectivity index (χ4v) is 2.81. The maximum atomic E-state index is 12.0. The third-order valence-electron chi connectivity index (χ3n) is 2.57. The second-order valence-electron chi connectivity index (χ2n) is 5.01. The number of aliphatic hydroxyl groups excluding tert-OH is 1. The van der Waals surface area contributed by atoms with E-state index in [1.54, 1.807) is 6.07 Å². The molecule has 1 atom stereocenters. The quantitative estimate of drug-likeness (QED) is 0.896. The molecule has 1 amide bonds. The van der Waals surface area contributed by atoms with Gasteiger partial charge in [-0.25, -0.2) is 0 Å². The van der Waals surface area contributed by atoms with Crippen LogP contribution in [0.1, 0.15) is 36.9 Å². The first-order valence-corrected chi connectivity index (χ1v) is 7.12. The van der Waals surface area contributed by atoms with Crippen molar-refractivity contribution in [3.8, 4) is 0 Å². The molecule has 1 rings (SSSR count). The lowest BCUT2D eigenvalue weighted by Crippen LogP contribution is -2.44.